The van der Waals surface area contributed by atoms with Crippen molar-refractivity contribution >= 4 is 17.9 Å². The Morgan fingerprint density at radius 1 is 1.24 bits per heavy atom. The highest BCUT2D eigenvalue weighted by Crippen LogP contribution is 2.23. The first-order valence-corrected chi connectivity index (χ1v) is 6.62. The summed E-state index contributed by atoms with van der Waals surface area (Å²) in [7, 11) is 0. The summed E-state index contributed by atoms with van der Waals surface area (Å²) in [5.41, 5.74) is 0.766. The van der Waals surface area contributed by atoms with E-state index in [4.69, 9.17) is 9.84 Å². The van der Waals surface area contributed by atoms with E-state index in [0.29, 0.717) is 17.7 Å². The van der Waals surface area contributed by atoms with E-state index in [0.717, 1.165) is 4.90 Å². The molecule has 1 saturated heterocycles. The smallest absolute Gasteiger partial charge is 0.407 e. The Bertz CT molecular complexity index is 580. The third-order valence-electron chi connectivity index (χ3n) is 3.67. The fraction of sp³-hybridized carbons (Fsp3) is 0.357. The summed E-state index contributed by atoms with van der Waals surface area (Å²) in [4.78, 5) is 37.8. The van der Waals surface area contributed by atoms with Gasteiger partial charge in [-0.25, -0.2) is 4.79 Å². The maximum absolute atomic E-state index is 12.2. The van der Waals surface area contributed by atoms with E-state index in [1.54, 1.807) is 24.3 Å². The van der Waals surface area contributed by atoms with Gasteiger partial charge in [-0.15, -0.1) is 0 Å². The molecule has 7 heteroatoms. The van der Waals surface area contributed by atoms with Crippen molar-refractivity contribution in [1.82, 2.24) is 9.80 Å². The largest absolute Gasteiger partial charge is 0.465 e. The third-order valence-corrected chi connectivity index (χ3v) is 3.67. The predicted molar refractivity (Wildman–Crippen MR) is 71.1 cm³/mol. The molecule has 0 aromatic heterocycles. The lowest BCUT2D eigenvalue weighted by Gasteiger charge is -2.32. The number of hydrogen-bond acceptors (Lipinski definition) is 4. The highest BCUT2D eigenvalue weighted by atomic mass is 16.5. The summed E-state index contributed by atoms with van der Waals surface area (Å²) in [5, 5.41) is 8.99. The third kappa shape index (κ3) is 2.36. The van der Waals surface area contributed by atoms with E-state index in [1.807, 2.05) is 0 Å². The maximum atomic E-state index is 12.2. The molecule has 3 amide bonds. The number of carbonyl (C=O) groups is 3. The first kappa shape index (κ1) is 13.6. The molecule has 3 rings (SSSR count). The minimum absolute atomic E-state index is 0.0656. The number of morpholine rings is 1. The lowest BCUT2D eigenvalue weighted by Crippen LogP contribution is -2.50. The summed E-state index contributed by atoms with van der Waals surface area (Å²) in [6, 6.07) is 6.63. The zero-order chi connectivity index (χ0) is 15.0. The molecule has 0 unspecified atom stereocenters. The fourth-order valence-corrected chi connectivity index (χ4v) is 2.61. The summed E-state index contributed by atoms with van der Waals surface area (Å²) in [6.45, 7) is 0.785. The van der Waals surface area contributed by atoms with Gasteiger partial charge in [-0.05, 0) is 12.1 Å². The Kier molecular flexibility index (Phi) is 3.34. The zero-order valence-electron chi connectivity index (χ0n) is 11.2. The quantitative estimate of drug-likeness (QED) is 0.809. The number of fused-ring (bicyclic) bond motifs is 1. The van der Waals surface area contributed by atoms with E-state index in [-0.39, 0.29) is 31.5 Å². The average molecular weight is 290 g/mol. The minimum Gasteiger partial charge on any atom is -0.465 e. The molecular weight excluding hydrogens is 276 g/mol. The zero-order valence-corrected chi connectivity index (χ0v) is 11.2. The number of imide groups is 1. The molecule has 1 fully saturated rings. The summed E-state index contributed by atoms with van der Waals surface area (Å²) < 4.78 is 5.46. The number of hydrogen-bond donors (Lipinski definition) is 1. The number of rotatable bonds is 2. The molecule has 1 aromatic rings. The molecular formula is C14H14N2O5. The SMILES string of the molecule is O=C(O)N1CCO[C@@H](CN2C(=O)c3ccccc3C2=O)C1. The fourth-order valence-electron chi connectivity index (χ4n) is 2.61. The monoisotopic (exact) mass is 290 g/mol. The summed E-state index contributed by atoms with van der Waals surface area (Å²) >= 11 is 0. The Morgan fingerprint density at radius 3 is 2.43 bits per heavy atom. The van der Waals surface area contributed by atoms with Crippen molar-refractivity contribution < 1.29 is 24.2 Å². The maximum Gasteiger partial charge on any atom is 0.407 e. The standard InChI is InChI=1S/C14H14N2O5/c17-12-10-3-1-2-4-11(10)13(18)16(12)8-9-7-15(14(19)20)5-6-21-9/h1-4,9H,5-8H2,(H,19,20)/t9-/m1/s1. The van der Waals surface area contributed by atoms with Crippen LogP contribution >= 0.6 is 0 Å². The molecule has 0 radical (unpaired) electrons. The van der Waals surface area contributed by atoms with Gasteiger partial charge in [-0.3, -0.25) is 14.5 Å². The van der Waals surface area contributed by atoms with Gasteiger partial charge in [0.2, 0.25) is 0 Å². The van der Waals surface area contributed by atoms with Crippen LogP contribution in [0.2, 0.25) is 0 Å². The Balaban J connectivity index is 1.73. The van der Waals surface area contributed by atoms with Crippen LogP contribution < -0.4 is 0 Å². The molecule has 2 aliphatic rings. The second-order valence-electron chi connectivity index (χ2n) is 4.99. The molecule has 1 atom stereocenters. The summed E-state index contributed by atoms with van der Waals surface area (Å²) in [5.74, 6) is -0.710. The van der Waals surface area contributed by atoms with E-state index < -0.39 is 12.2 Å². The van der Waals surface area contributed by atoms with E-state index in [1.165, 1.54) is 4.90 Å². The van der Waals surface area contributed by atoms with Crippen molar-refractivity contribution in [2.24, 2.45) is 0 Å². The van der Waals surface area contributed by atoms with Crippen LogP contribution in [0.15, 0.2) is 24.3 Å². The Labute approximate surface area is 120 Å². The summed E-state index contributed by atoms with van der Waals surface area (Å²) in [6.07, 6.45) is -1.51. The van der Waals surface area contributed by atoms with Crippen molar-refractivity contribution in [3.8, 4) is 0 Å². The molecule has 1 aromatic carbocycles. The highest BCUT2D eigenvalue weighted by Gasteiger charge is 2.37. The van der Waals surface area contributed by atoms with Crippen LogP contribution in [0.25, 0.3) is 0 Å². The van der Waals surface area contributed by atoms with Crippen LogP contribution in [0, 0.1) is 0 Å². The number of amides is 3. The minimum atomic E-state index is -1.02. The van der Waals surface area contributed by atoms with Crippen molar-refractivity contribution in [3.05, 3.63) is 35.4 Å². The van der Waals surface area contributed by atoms with Crippen molar-refractivity contribution in [3.63, 3.8) is 0 Å². The van der Waals surface area contributed by atoms with Crippen LogP contribution in [-0.2, 0) is 4.74 Å². The highest BCUT2D eigenvalue weighted by molar-refractivity contribution is 6.21. The van der Waals surface area contributed by atoms with Crippen LogP contribution in [0.5, 0.6) is 0 Å². The number of nitrogens with zero attached hydrogens (tertiary/aromatic N) is 2. The van der Waals surface area contributed by atoms with Crippen molar-refractivity contribution in [1.29, 1.82) is 0 Å². The van der Waals surface area contributed by atoms with E-state index in [2.05, 4.69) is 0 Å². The van der Waals surface area contributed by atoms with E-state index in [9.17, 15) is 14.4 Å². The molecule has 1 N–H and O–H groups in total. The molecule has 0 spiro atoms. The normalized spacial score (nSPS) is 21.6. The van der Waals surface area contributed by atoms with Gasteiger partial charge in [0.25, 0.3) is 11.8 Å². The second kappa shape index (κ2) is 5.17. The van der Waals surface area contributed by atoms with Gasteiger partial charge in [0, 0.05) is 6.54 Å². The van der Waals surface area contributed by atoms with Crippen LogP contribution in [-0.4, -0.2) is 65.2 Å². The molecule has 2 heterocycles. The average Bonchev–Trinajstić information content (AvgIpc) is 2.73. The first-order chi connectivity index (χ1) is 10.1. The van der Waals surface area contributed by atoms with Gasteiger partial charge in [0.05, 0.1) is 36.9 Å². The van der Waals surface area contributed by atoms with Gasteiger partial charge in [-0.2, -0.15) is 0 Å². The molecule has 0 aliphatic carbocycles. The van der Waals surface area contributed by atoms with Gasteiger partial charge in [0.15, 0.2) is 0 Å². The molecule has 0 saturated carbocycles. The molecule has 2 aliphatic heterocycles. The first-order valence-electron chi connectivity index (χ1n) is 6.62. The van der Waals surface area contributed by atoms with Gasteiger partial charge < -0.3 is 14.7 Å². The number of ether oxygens (including phenoxy) is 1. The lowest BCUT2D eigenvalue weighted by molar-refractivity contribution is -0.0310. The van der Waals surface area contributed by atoms with Gasteiger partial charge in [-0.1, -0.05) is 12.1 Å². The Morgan fingerprint density at radius 2 is 1.86 bits per heavy atom. The molecule has 21 heavy (non-hydrogen) atoms. The van der Waals surface area contributed by atoms with Crippen molar-refractivity contribution in [2.45, 2.75) is 6.10 Å². The molecule has 7 nitrogen and oxygen atoms in total. The van der Waals surface area contributed by atoms with Gasteiger partial charge >= 0.3 is 6.09 Å². The predicted octanol–water partition coefficient (Wildman–Crippen LogP) is 0.661. The Hall–Kier alpha value is -2.41. The van der Waals surface area contributed by atoms with Crippen LogP contribution in [0.4, 0.5) is 4.79 Å². The number of carbonyl (C=O) groups excluding carboxylic acids is 2. The molecule has 110 valence electrons. The van der Waals surface area contributed by atoms with Crippen molar-refractivity contribution in [2.75, 3.05) is 26.2 Å². The topological polar surface area (TPSA) is 87.2 Å². The van der Waals surface area contributed by atoms with Crippen LogP contribution in [0.3, 0.4) is 0 Å². The van der Waals surface area contributed by atoms with Gasteiger partial charge in [0.1, 0.15) is 0 Å². The second-order valence-corrected chi connectivity index (χ2v) is 4.99. The molecule has 0 bridgehead atoms. The number of benzene rings is 1. The van der Waals surface area contributed by atoms with E-state index >= 15 is 0 Å². The van der Waals surface area contributed by atoms with Crippen LogP contribution in [0.1, 0.15) is 20.7 Å². The lowest BCUT2D eigenvalue weighted by atomic mass is 10.1. The number of carboxylic acid groups (broad SMARTS) is 1.